The van der Waals surface area contributed by atoms with Crippen molar-refractivity contribution in [2.45, 2.75) is 31.8 Å². The summed E-state index contributed by atoms with van der Waals surface area (Å²) in [6.45, 7) is 5.60. The number of rotatable bonds is 7. The van der Waals surface area contributed by atoms with Crippen molar-refractivity contribution < 1.29 is 4.74 Å². The molecule has 1 aromatic rings. The normalized spacial score (nSPS) is 20.9. The molecule has 0 aliphatic carbocycles. The van der Waals surface area contributed by atoms with Gasteiger partial charge >= 0.3 is 0 Å². The molecule has 2 rings (SSSR count). The van der Waals surface area contributed by atoms with Crippen LogP contribution >= 0.6 is 0 Å². The predicted molar refractivity (Wildman–Crippen MR) is 87.7 cm³/mol. The van der Waals surface area contributed by atoms with Crippen LogP contribution < -0.4 is 10.5 Å². The SMILES string of the molecule is CCOc1cccc(C(CN)N2CCCC2CN(C)C)c1. The lowest BCUT2D eigenvalue weighted by molar-refractivity contribution is 0.155. The van der Waals surface area contributed by atoms with E-state index >= 15 is 0 Å². The lowest BCUT2D eigenvalue weighted by Gasteiger charge is -2.34. The molecule has 21 heavy (non-hydrogen) atoms. The number of hydrogen-bond donors (Lipinski definition) is 1. The maximum Gasteiger partial charge on any atom is 0.119 e. The smallest absolute Gasteiger partial charge is 0.119 e. The van der Waals surface area contributed by atoms with Gasteiger partial charge in [0.15, 0.2) is 0 Å². The zero-order valence-electron chi connectivity index (χ0n) is 13.6. The van der Waals surface area contributed by atoms with Crippen molar-refractivity contribution in [2.75, 3.05) is 40.3 Å². The Kier molecular flexibility index (Phi) is 6.03. The van der Waals surface area contributed by atoms with E-state index in [1.165, 1.54) is 18.4 Å². The van der Waals surface area contributed by atoms with Crippen LogP contribution in [0.25, 0.3) is 0 Å². The van der Waals surface area contributed by atoms with Gasteiger partial charge in [-0.15, -0.1) is 0 Å². The van der Waals surface area contributed by atoms with Gasteiger partial charge in [-0.1, -0.05) is 12.1 Å². The molecule has 4 nitrogen and oxygen atoms in total. The molecule has 4 heteroatoms. The largest absolute Gasteiger partial charge is 0.494 e. The molecule has 0 radical (unpaired) electrons. The fourth-order valence-corrected chi connectivity index (χ4v) is 3.33. The van der Waals surface area contributed by atoms with Crippen LogP contribution in [0.1, 0.15) is 31.4 Å². The Morgan fingerprint density at radius 1 is 1.43 bits per heavy atom. The van der Waals surface area contributed by atoms with Gasteiger partial charge in [0, 0.05) is 25.2 Å². The van der Waals surface area contributed by atoms with Gasteiger partial charge in [0.25, 0.3) is 0 Å². The van der Waals surface area contributed by atoms with Gasteiger partial charge < -0.3 is 15.4 Å². The minimum atomic E-state index is 0.290. The van der Waals surface area contributed by atoms with E-state index in [0.717, 1.165) is 18.8 Å². The van der Waals surface area contributed by atoms with Crippen molar-refractivity contribution in [3.63, 3.8) is 0 Å². The molecule has 1 aliphatic heterocycles. The average Bonchev–Trinajstić information content (AvgIpc) is 2.88. The van der Waals surface area contributed by atoms with Crippen LogP contribution in [0.4, 0.5) is 0 Å². The number of hydrogen-bond acceptors (Lipinski definition) is 4. The number of nitrogens with two attached hydrogens (primary N) is 1. The third-order valence-electron chi connectivity index (χ3n) is 4.18. The van der Waals surface area contributed by atoms with E-state index in [-0.39, 0.29) is 6.04 Å². The average molecular weight is 291 g/mol. The lowest BCUT2D eigenvalue weighted by Crippen LogP contribution is -2.42. The fraction of sp³-hybridized carbons (Fsp3) is 0.647. The highest BCUT2D eigenvalue weighted by molar-refractivity contribution is 5.31. The Morgan fingerprint density at radius 2 is 2.24 bits per heavy atom. The Balaban J connectivity index is 2.16. The van der Waals surface area contributed by atoms with E-state index in [4.69, 9.17) is 10.5 Å². The van der Waals surface area contributed by atoms with Gasteiger partial charge in [0.05, 0.1) is 6.61 Å². The molecule has 0 amide bonds. The summed E-state index contributed by atoms with van der Waals surface area (Å²) < 4.78 is 5.63. The van der Waals surface area contributed by atoms with E-state index in [9.17, 15) is 0 Å². The zero-order chi connectivity index (χ0) is 15.2. The Hall–Kier alpha value is -1.10. The third-order valence-corrected chi connectivity index (χ3v) is 4.18. The molecule has 0 spiro atoms. The molecule has 1 aromatic carbocycles. The van der Waals surface area contributed by atoms with Gasteiger partial charge in [-0.25, -0.2) is 0 Å². The van der Waals surface area contributed by atoms with E-state index in [1.807, 2.05) is 13.0 Å². The second kappa shape index (κ2) is 7.78. The van der Waals surface area contributed by atoms with Crippen LogP contribution in [0, 0.1) is 0 Å². The quantitative estimate of drug-likeness (QED) is 0.835. The fourth-order valence-electron chi connectivity index (χ4n) is 3.33. The Morgan fingerprint density at radius 3 is 2.90 bits per heavy atom. The van der Waals surface area contributed by atoms with Gasteiger partial charge in [0.1, 0.15) is 5.75 Å². The van der Waals surface area contributed by atoms with Crippen molar-refractivity contribution in [2.24, 2.45) is 5.73 Å². The van der Waals surface area contributed by atoms with Crippen molar-refractivity contribution in [1.29, 1.82) is 0 Å². The molecule has 1 heterocycles. The maximum absolute atomic E-state index is 6.11. The van der Waals surface area contributed by atoms with E-state index in [1.54, 1.807) is 0 Å². The number of likely N-dealkylation sites (tertiary alicyclic amines) is 1. The minimum absolute atomic E-state index is 0.290. The molecular formula is C17H29N3O. The number of likely N-dealkylation sites (N-methyl/N-ethyl adjacent to an activating group) is 1. The summed E-state index contributed by atoms with van der Waals surface area (Å²) in [7, 11) is 4.29. The molecule has 0 aromatic heterocycles. The molecule has 1 aliphatic rings. The number of benzene rings is 1. The molecule has 0 saturated carbocycles. The van der Waals surface area contributed by atoms with E-state index in [2.05, 4.69) is 42.1 Å². The summed E-state index contributed by atoms with van der Waals surface area (Å²) in [6.07, 6.45) is 2.53. The summed E-state index contributed by atoms with van der Waals surface area (Å²) in [5, 5.41) is 0. The molecule has 2 unspecified atom stereocenters. The third kappa shape index (κ3) is 4.19. The number of nitrogens with zero attached hydrogens (tertiary/aromatic N) is 2. The Bertz CT molecular complexity index is 436. The zero-order valence-corrected chi connectivity index (χ0v) is 13.6. The Labute approximate surface area is 128 Å². The number of ether oxygens (including phenoxy) is 1. The summed E-state index contributed by atoms with van der Waals surface area (Å²) in [6, 6.07) is 9.29. The van der Waals surface area contributed by atoms with E-state index < -0.39 is 0 Å². The summed E-state index contributed by atoms with van der Waals surface area (Å²) in [5.74, 6) is 0.941. The van der Waals surface area contributed by atoms with Crippen molar-refractivity contribution >= 4 is 0 Å². The lowest BCUT2D eigenvalue weighted by atomic mass is 10.0. The minimum Gasteiger partial charge on any atom is -0.494 e. The molecular weight excluding hydrogens is 262 g/mol. The van der Waals surface area contributed by atoms with Crippen LogP contribution in [0.15, 0.2) is 24.3 Å². The molecule has 118 valence electrons. The van der Waals surface area contributed by atoms with Crippen LogP contribution in [0.5, 0.6) is 5.75 Å². The van der Waals surface area contributed by atoms with Gasteiger partial charge in [0.2, 0.25) is 0 Å². The molecule has 0 bridgehead atoms. The highest BCUT2D eigenvalue weighted by Crippen LogP contribution is 2.30. The predicted octanol–water partition coefficient (Wildman–Crippen LogP) is 2.11. The van der Waals surface area contributed by atoms with E-state index in [0.29, 0.717) is 19.2 Å². The van der Waals surface area contributed by atoms with Crippen molar-refractivity contribution in [3.8, 4) is 5.75 Å². The molecule has 2 N–H and O–H groups in total. The van der Waals surface area contributed by atoms with Crippen LogP contribution in [-0.2, 0) is 0 Å². The van der Waals surface area contributed by atoms with Crippen molar-refractivity contribution in [1.82, 2.24) is 9.80 Å². The summed E-state index contributed by atoms with van der Waals surface area (Å²) >= 11 is 0. The van der Waals surface area contributed by atoms with Crippen LogP contribution in [0.2, 0.25) is 0 Å². The standard InChI is InChI=1S/C17H29N3O/c1-4-21-16-9-5-7-14(11-16)17(12-18)20-10-6-8-15(20)13-19(2)3/h5,7,9,11,15,17H,4,6,8,10,12-13,18H2,1-3H3. The molecule has 1 fully saturated rings. The first-order chi connectivity index (χ1) is 10.2. The van der Waals surface area contributed by atoms with Crippen LogP contribution in [0.3, 0.4) is 0 Å². The first kappa shape index (κ1) is 16.3. The second-order valence-electron chi connectivity index (χ2n) is 6.05. The maximum atomic E-state index is 6.11. The first-order valence-electron chi connectivity index (χ1n) is 7.99. The second-order valence-corrected chi connectivity index (χ2v) is 6.05. The van der Waals surface area contributed by atoms with Crippen molar-refractivity contribution in [3.05, 3.63) is 29.8 Å². The summed E-state index contributed by atoms with van der Waals surface area (Å²) in [4.78, 5) is 4.85. The monoisotopic (exact) mass is 291 g/mol. The van der Waals surface area contributed by atoms with Gasteiger partial charge in [-0.2, -0.15) is 0 Å². The van der Waals surface area contributed by atoms with Crippen LogP contribution in [-0.4, -0.2) is 56.2 Å². The molecule has 2 atom stereocenters. The molecule has 1 saturated heterocycles. The summed E-state index contributed by atoms with van der Waals surface area (Å²) in [5.41, 5.74) is 7.38. The van der Waals surface area contributed by atoms with Gasteiger partial charge in [-0.3, -0.25) is 4.90 Å². The highest BCUT2D eigenvalue weighted by Gasteiger charge is 2.31. The highest BCUT2D eigenvalue weighted by atomic mass is 16.5. The topological polar surface area (TPSA) is 41.7 Å². The van der Waals surface area contributed by atoms with Gasteiger partial charge in [-0.05, 0) is 58.1 Å². The first-order valence-corrected chi connectivity index (χ1v) is 7.99.